The average molecular weight is 264 g/mol. The molecular formula is C15H12N4O. The smallest absolute Gasteiger partial charge is 0.274 e. The molecule has 0 radical (unpaired) electrons. The summed E-state index contributed by atoms with van der Waals surface area (Å²) in [6.45, 7) is 0. The highest BCUT2D eigenvalue weighted by Crippen LogP contribution is 2.09. The predicted octanol–water partition coefficient (Wildman–Crippen LogP) is 2.52. The van der Waals surface area contributed by atoms with Crippen molar-refractivity contribution in [2.24, 2.45) is 0 Å². The molecule has 2 aromatic heterocycles. The van der Waals surface area contributed by atoms with Gasteiger partial charge in [-0.1, -0.05) is 24.3 Å². The molecule has 1 amide bonds. The summed E-state index contributed by atoms with van der Waals surface area (Å²) in [7, 11) is 0. The van der Waals surface area contributed by atoms with Crippen LogP contribution >= 0.6 is 0 Å². The molecule has 0 fully saturated rings. The Morgan fingerprint density at radius 2 is 1.90 bits per heavy atom. The molecule has 3 aromatic rings. The minimum Gasteiger partial charge on any atom is -0.321 e. The topological polar surface area (TPSA) is 59.8 Å². The first-order valence-corrected chi connectivity index (χ1v) is 6.15. The maximum atomic E-state index is 12.1. The molecule has 1 aromatic carbocycles. The number of para-hydroxylation sites is 1. The van der Waals surface area contributed by atoms with Crippen molar-refractivity contribution in [3.05, 3.63) is 72.9 Å². The maximum Gasteiger partial charge on any atom is 0.274 e. The van der Waals surface area contributed by atoms with Crippen LogP contribution in [0.1, 0.15) is 10.5 Å². The van der Waals surface area contributed by atoms with Gasteiger partial charge in [0.2, 0.25) is 0 Å². The number of pyridine rings is 1. The lowest BCUT2D eigenvalue weighted by Crippen LogP contribution is -2.14. The Morgan fingerprint density at radius 1 is 1.05 bits per heavy atom. The zero-order valence-electron chi connectivity index (χ0n) is 10.6. The number of rotatable bonds is 3. The summed E-state index contributed by atoms with van der Waals surface area (Å²) >= 11 is 0. The number of benzene rings is 1. The third-order valence-corrected chi connectivity index (χ3v) is 2.77. The third kappa shape index (κ3) is 2.56. The first kappa shape index (κ1) is 12.1. The number of carbonyl (C=O) groups excluding carboxylic acids is 1. The molecule has 2 heterocycles. The van der Waals surface area contributed by atoms with Crippen molar-refractivity contribution in [2.45, 2.75) is 0 Å². The summed E-state index contributed by atoms with van der Waals surface area (Å²) in [6.07, 6.45) is 5.08. The fourth-order valence-electron chi connectivity index (χ4n) is 1.80. The molecule has 5 heteroatoms. The van der Waals surface area contributed by atoms with E-state index in [9.17, 15) is 4.79 Å². The molecule has 5 nitrogen and oxygen atoms in total. The van der Waals surface area contributed by atoms with Gasteiger partial charge in [-0.3, -0.25) is 9.36 Å². The van der Waals surface area contributed by atoms with Gasteiger partial charge in [-0.05, 0) is 24.3 Å². The van der Waals surface area contributed by atoms with E-state index in [1.165, 1.54) is 0 Å². The molecule has 1 N–H and O–H groups in total. The molecule has 0 saturated heterocycles. The van der Waals surface area contributed by atoms with E-state index in [2.05, 4.69) is 15.3 Å². The van der Waals surface area contributed by atoms with Crippen molar-refractivity contribution in [1.29, 1.82) is 0 Å². The van der Waals surface area contributed by atoms with Crippen LogP contribution in [-0.4, -0.2) is 20.4 Å². The minimum absolute atomic E-state index is 0.238. The van der Waals surface area contributed by atoms with Crippen LogP contribution in [0.3, 0.4) is 0 Å². The van der Waals surface area contributed by atoms with Crippen molar-refractivity contribution >= 4 is 11.6 Å². The second-order valence-corrected chi connectivity index (χ2v) is 4.17. The quantitative estimate of drug-likeness (QED) is 0.790. The standard InChI is InChI=1S/C15H12N4O/c20-15(17-12-5-2-1-3-6-12)13-7-4-8-14(18-13)19-10-9-16-11-19/h1-11H,(H,17,20). The molecule has 20 heavy (non-hydrogen) atoms. The van der Waals surface area contributed by atoms with Crippen LogP contribution in [-0.2, 0) is 0 Å². The summed E-state index contributed by atoms with van der Waals surface area (Å²) in [5.41, 5.74) is 1.10. The second kappa shape index (κ2) is 5.36. The van der Waals surface area contributed by atoms with Gasteiger partial charge in [0.05, 0.1) is 0 Å². The summed E-state index contributed by atoms with van der Waals surface area (Å²) in [5.74, 6) is 0.418. The number of hydrogen-bond donors (Lipinski definition) is 1. The highest BCUT2D eigenvalue weighted by atomic mass is 16.1. The van der Waals surface area contributed by atoms with Gasteiger partial charge in [0.15, 0.2) is 0 Å². The van der Waals surface area contributed by atoms with Crippen molar-refractivity contribution in [2.75, 3.05) is 5.32 Å². The fourth-order valence-corrected chi connectivity index (χ4v) is 1.80. The third-order valence-electron chi connectivity index (χ3n) is 2.77. The van der Waals surface area contributed by atoms with Crippen molar-refractivity contribution < 1.29 is 4.79 Å². The lowest BCUT2D eigenvalue weighted by molar-refractivity contribution is 0.102. The highest BCUT2D eigenvalue weighted by molar-refractivity contribution is 6.02. The van der Waals surface area contributed by atoms with Crippen LogP contribution in [0.2, 0.25) is 0 Å². The summed E-state index contributed by atoms with van der Waals surface area (Å²) < 4.78 is 1.75. The number of anilines is 1. The van der Waals surface area contributed by atoms with E-state index < -0.39 is 0 Å². The Labute approximate surface area is 115 Å². The maximum absolute atomic E-state index is 12.1. The van der Waals surface area contributed by atoms with Gasteiger partial charge >= 0.3 is 0 Å². The minimum atomic E-state index is -0.238. The number of nitrogens with zero attached hydrogens (tertiary/aromatic N) is 3. The highest BCUT2D eigenvalue weighted by Gasteiger charge is 2.08. The van der Waals surface area contributed by atoms with E-state index >= 15 is 0 Å². The number of hydrogen-bond acceptors (Lipinski definition) is 3. The molecule has 0 spiro atoms. The number of aromatic nitrogens is 3. The molecule has 0 saturated carbocycles. The lowest BCUT2D eigenvalue weighted by Gasteiger charge is -2.06. The van der Waals surface area contributed by atoms with E-state index in [0.29, 0.717) is 11.5 Å². The molecule has 0 aliphatic heterocycles. The van der Waals surface area contributed by atoms with E-state index in [4.69, 9.17) is 0 Å². The van der Waals surface area contributed by atoms with E-state index in [-0.39, 0.29) is 5.91 Å². The number of carbonyl (C=O) groups is 1. The Hall–Kier alpha value is -2.95. The summed E-state index contributed by atoms with van der Waals surface area (Å²) in [4.78, 5) is 20.4. The first-order valence-electron chi connectivity index (χ1n) is 6.15. The van der Waals surface area contributed by atoms with Crippen LogP contribution in [0.5, 0.6) is 0 Å². The van der Waals surface area contributed by atoms with Crippen molar-refractivity contribution in [1.82, 2.24) is 14.5 Å². The summed E-state index contributed by atoms with van der Waals surface area (Å²) in [5, 5.41) is 2.80. The van der Waals surface area contributed by atoms with Gasteiger partial charge in [0.1, 0.15) is 17.8 Å². The number of amides is 1. The molecule has 0 aliphatic rings. The zero-order chi connectivity index (χ0) is 13.8. The van der Waals surface area contributed by atoms with Crippen molar-refractivity contribution in [3.8, 4) is 5.82 Å². The monoisotopic (exact) mass is 264 g/mol. The van der Waals surface area contributed by atoms with E-state index in [0.717, 1.165) is 5.69 Å². The van der Waals surface area contributed by atoms with Crippen molar-refractivity contribution in [3.63, 3.8) is 0 Å². The number of imidazole rings is 1. The lowest BCUT2D eigenvalue weighted by atomic mass is 10.3. The molecule has 0 unspecified atom stereocenters. The SMILES string of the molecule is O=C(Nc1ccccc1)c1cccc(-n2ccnc2)n1. The molecule has 3 rings (SSSR count). The molecule has 98 valence electrons. The second-order valence-electron chi connectivity index (χ2n) is 4.17. The zero-order valence-corrected chi connectivity index (χ0v) is 10.6. The largest absolute Gasteiger partial charge is 0.321 e. The van der Waals surface area contributed by atoms with Gasteiger partial charge in [-0.2, -0.15) is 0 Å². The van der Waals surface area contributed by atoms with Crippen LogP contribution in [0.25, 0.3) is 5.82 Å². The van der Waals surface area contributed by atoms with Crippen LogP contribution in [0.15, 0.2) is 67.3 Å². The number of nitrogens with one attached hydrogen (secondary N) is 1. The van der Waals surface area contributed by atoms with Gasteiger partial charge < -0.3 is 5.32 Å². The Morgan fingerprint density at radius 3 is 2.65 bits per heavy atom. The van der Waals surface area contributed by atoms with E-state index in [1.54, 1.807) is 35.4 Å². The normalized spacial score (nSPS) is 10.2. The van der Waals surface area contributed by atoms with Gasteiger partial charge in [0.25, 0.3) is 5.91 Å². The van der Waals surface area contributed by atoms with Gasteiger partial charge in [-0.15, -0.1) is 0 Å². The van der Waals surface area contributed by atoms with Gasteiger partial charge in [0, 0.05) is 18.1 Å². The first-order chi connectivity index (χ1) is 9.83. The van der Waals surface area contributed by atoms with E-state index in [1.807, 2.05) is 36.4 Å². The fraction of sp³-hybridized carbons (Fsp3) is 0. The Balaban J connectivity index is 1.84. The average Bonchev–Trinajstić information content (AvgIpc) is 3.03. The Kier molecular flexibility index (Phi) is 3.24. The van der Waals surface area contributed by atoms with Gasteiger partial charge in [-0.25, -0.2) is 9.97 Å². The molecule has 0 atom stereocenters. The van der Waals surface area contributed by atoms with Crippen LogP contribution in [0, 0.1) is 0 Å². The molecular weight excluding hydrogens is 252 g/mol. The van der Waals surface area contributed by atoms with Crippen LogP contribution in [0.4, 0.5) is 5.69 Å². The molecule has 0 aliphatic carbocycles. The molecule has 0 bridgehead atoms. The predicted molar refractivity (Wildman–Crippen MR) is 75.8 cm³/mol. The van der Waals surface area contributed by atoms with Crippen LogP contribution < -0.4 is 5.32 Å². The summed E-state index contributed by atoms with van der Waals surface area (Å²) in [6, 6.07) is 14.6. The Bertz CT molecular complexity index is 708.